The van der Waals surface area contributed by atoms with Crippen LogP contribution in [0, 0.1) is 11.8 Å². The van der Waals surface area contributed by atoms with Crippen molar-refractivity contribution < 1.29 is 17.7 Å². The van der Waals surface area contributed by atoms with Crippen molar-refractivity contribution in [3.8, 4) is 11.8 Å². The Hall–Kier alpha value is -1.26. The maximum Gasteiger partial charge on any atom is 0.420 e. The molecule has 0 aliphatic heterocycles. The van der Waals surface area contributed by atoms with Gasteiger partial charge < -0.3 is 4.55 Å². The van der Waals surface area contributed by atoms with E-state index in [1.807, 2.05) is 0 Å². The van der Waals surface area contributed by atoms with Crippen molar-refractivity contribution in [2.24, 2.45) is 0 Å². The largest absolute Gasteiger partial charge is 0.609 e. The summed E-state index contributed by atoms with van der Waals surface area (Å²) in [5.74, 6) is 4.55. The molecule has 1 heterocycles. The van der Waals surface area contributed by atoms with E-state index in [4.69, 9.17) is 0 Å². The molecule has 0 fully saturated rings. The van der Waals surface area contributed by atoms with Crippen LogP contribution in [0.25, 0.3) is 0 Å². The van der Waals surface area contributed by atoms with Crippen LogP contribution in [0.15, 0.2) is 11.4 Å². The predicted octanol–water partition coefficient (Wildman–Crippen LogP) is 1.60. The summed E-state index contributed by atoms with van der Waals surface area (Å²) in [6.07, 6.45) is -2.68. The highest BCUT2D eigenvalue weighted by Gasteiger charge is 2.35. The van der Waals surface area contributed by atoms with Crippen LogP contribution in [0.1, 0.15) is 18.2 Å². The number of hydrogen-bond donors (Lipinski definition) is 0. The Morgan fingerprint density at radius 1 is 1.44 bits per heavy atom. The zero-order chi connectivity index (χ0) is 12.3. The normalized spacial score (nSPS) is 12.9. The van der Waals surface area contributed by atoms with Gasteiger partial charge >= 0.3 is 11.3 Å². The first-order valence-electron chi connectivity index (χ1n) is 4.06. The number of nitrogens with zero attached hydrogens (tertiary/aromatic N) is 2. The summed E-state index contributed by atoms with van der Waals surface area (Å²) in [5, 5.41) is -0.161. The van der Waals surface area contributed by atoms with Crippen LogP contribution in [-0.2, 0) is 17.4 Å². The molecular weight excluding hydrogens is 241 g/mol. The molecule has 0 saturated carbocycles. The van der Waals surface area contributed by atoms with Crippen LogP contribution in [0.4, 0.5) is 13.2 Å². The van der Waals surface area contributed by atoms with E-state index in [0.717, 1.165) is 0 Å². The fraction of sp³-hybridized carbons (Fsp3) is 0.333. The number of halogens is 3. The lowest BCUT2D eigenvalue weighted by molar-refractivity contribution is -0.138. The van der Waals surface area contributed by atoms with Gasteiger partial charge in [-0.05, 0) is 12.8 Å². The van der Waals surface area contributed by atoms with Gasteiger partial charge in [0.1, 0.15) is 17.5 Å². The van der Waals surface area contributed by atoms with Gasteiger partial charge in [0.15, 0.2) is 0 Å². The topological polar surface area (TPSA) is 48.8 Å². The Kier molecular flexibility index (Phi) is 3.78. The third kappa shape index (κ3) is 2.87. The van der Waals surface area contributed by atoms with Crippen LogP contribution >= 0.6 is 0 Å². The van der Waals surface area contributed by atoms with Crippen molar-refractivity contribution in [1.82, 2.24) is 9.97 Å². The van der Waals surface area contributed by atoms with E-state index in [2.05, 4.69) is 21.8 Å². The lowest BCUT2D eigenvalue weighted by Gasteiger charge is -2.09. The minimum Gasteiger partial charge on any atom is -0.609 e. The van der Waals surface area contributed by atoms with E-state index in [9.17, 15) is 17.7 Å². The van der Waals surface area contributed by atoms with Gasteiger partial charge in [-0.2, -0.15) is 23.1 Å². The van der Waals surface area contributed by atoms with Crippen LogP contribution in [0.3, 0.4) is 0 Å². The fourth-order valence-corrected chi connectivity index (χ4v) is 1.35. The molecule has 86 valence electrons. The average Bonchev–Trinajstić information content (AvgIpc) is 2.16. The first-order valence-corrected chi connectivity index (χ1v) is 5.62. The maximum atomic E-state index is 12.5. The predicted molar refractivity (Wildman–Crippen MR) is 51.9 cm³/mol. The van der Waals surface area contributed by atoms with Crippen molar-refractivity contribution in [3.05, 3.63) is 17.5 Å². The highest BCUT2D eigenvalue weighted by atomic mass is 32.2. The van der Waals surface area contributed by atoms with Crippen molar-refractivity contribution in [2.75, 3.05) is 6.26 Å². The van der Waals surface area contributed by atoms with E-state index < -0.39 is 28.6 Å². The van der Waals surface area contributed by atoms with Gasteiger partial charge in [-0.1, -0.05) is 5.92 Å². The van der Waals surface area contributed by atoms with Crippen molar-refractivity contribution in [1.29, 1.82) is 0 Å². The standard InChI is InChI=1S/C9H7F3N2OS/c1-3-4-7-6(9(10,11)12)5-13-8(14-7)16(2)15/h5H,1-2H3. The molecule has 0 bridgehead atoms. The molecule has 7 heteroatoms. The summed E-state index contributed by atoms with van der Waals surface area (Å²) in [7, 11) is 0. The van der Waals surface area contributed by atoms with E-state index in [-0.39, 0.29) is 5.16 Å². The van der Waals surface area contributed by atoms with Crippen LogP contribution in [-0.4, -0.2) is 20.8 Å². The Labute approximate surface area is 93.3 Å². The summed E-state index contributed by atoms with van der Waals surface area (Å²) in [6.45, 7) is 1.39. The van der Waals surface area contributed by atoms with Gasteiger partial charge in [0.25, 0.3) is 0 Å². The van der Waals surface area contributed by atoms with Gasteiger partial charge in [-0.3, -0.25) is 0 Å². The molecule has 0 spiro atoms. The van der Waals surface area contributed by atoms with Gasteiger partial charge in [0.05, 0.1) is 0 Å². The SMILES string of the molecule is CC#Cc1nc([S+](C)[O-])ncc1C(F)(F)F. The molecular formula is C9H7F3N2OS. The first-order chi connectivity index (χ1) is 7.36. The smallest absolute Gasteiger partial charge is 0.420 e. The Morgan fingerprint density at radius 3 is 2.50 bits per heavy atom. The Bertz CT molecular complexity index is 448. The summed E-state index contributed by atoms with van der Waals surface area (Å²) in [5.41, 5.74) is -1.47. The Balaban J connectivity index is 3.35. The number of hydrogen-bond acceptors (Lipinski definition) is 3. The number of aromatic nitrogens is 2. The molecule has 0 aliphatic carbocycles. The summed E-state index contributed by atoms with van der Waals surface area (Å²) >= 11 is -1.54. The molecule has 1 aromatic rings. The lowest BCUT2D eigenvalue weighted by Crippen LogP contribution is -2.13. The van der Waals surface area contributed by atoms with Crippen LogP contribution in [0.5, 0.6) is 0 Å². The molecule has 1 aromatic heterocycles. The molecule has 0 radical (unpaired) electrons. The minimum absolute atomic E-state index is 0.161. The molecule has 1 unspecified atom stereocenters. The van der Waals surface area contributed by atoms with E-state index in [1.54, 1.807) is 0 Å². The monoisotopic (exact) mass is 248 g/mol. The third-order valence-electron chi connectivity index (χ3n) is 1.57. The first kappa shape index (κ1) is 12.8. The van der Waals surface area contributed by atoms with E-state index in [0.29, 0.717) is 6.20 Å². The molecule has 0 aliphatic rings. The zero-order valence-corrected chi connectivity index (χ0v) is 9.24. The second-order valence-corrected chi connectivity index (χ2v) is 4.02. The molecule has 1 atom stereocenters. The third-order valence-corrected chi connectivity index (χ3v) is 2.28. The highest BCUT2D eigenvalue weighted by molar-refractivity contribution is 7.90. The van der Waals surface area contributed by atoms with Crippen molar-refractivity contribution >= 4 is 11.2 Å². The van der Waals surface area contributed by atoms with E-state index in [1.165, 1.54) is 13.2 Å². The molecule has 16 heavy (non-hydrogen) atoms. The van der Waals surface area contributed by atoms with Crippen LogP contribution < -0.4 is 0 Å². The van der Waals surface area contributed by atoms with Crippen molar-refractivity contribution in [2.45, 2.75) is 18.3 Å². The minimum atomic E-state index is -4.56. The summed E-state index contributed by atoms with van der Waals surface area (Å²) in [4.78, 5) is 6.91. The van der Waals surface area contributed by atoms with Gasteiger partial charge in [0, 0.05) is 17.4 Å². The maximum absolute atomic E-state index is 12.5. The molecule has 3 nitrogen and oxygen atoms in total. The second kappa shape index (κ2) is 4.72. The van der Waals surface area contributed by atoms with Gasteiger partial charge in [-0.25, -0.2) is 0 Å². The molecule has 0 aromatic carbocycles. The second-order valence-electron chi connectivity index (χ2n) is 2.74. The van der Waals surface area contributed by atoms with Crippen LogP contribution in [0.2, 0.25) is 0 Å². The lowest BCUT2D eigenvalue weighted by atomic mass is 10.2. The quantitative estimate of drug-likeness (QED) is 0.431. The van der Waals surface area contributed by atoms with Gasteiger partial charge in [-0.15, -0.1) is 0 Å². The van der Waals surface area contributed by atoms with Gasteiger partial charge in [0.2, 0.25) is 0 Å². The zero-order valence-electron chi connectivity index (χ0n) is 8.42. The molecule has 0 amide bonds. The fourth-order valence-electron chi connectivity index (χ4n) is 0.925. The summed E-state index contributed by atoms with van der Waals surface area (Å²) < 4.78 is 48.5. The Morgan fingerprint density at radius 2 is 2.06 bits per heavy atom. The molecule has 1 rings (SSSR count). The van der Waals surface area contributed by atoms with E-state index >= 15 is 0 Å². The summed E-state index contributed by atoms with van der Waals surface area (Å²) in [6, 6.07) is 0. The number of alkyl halides is 3. The van der Waals surface area contributed by atoms with Crippen molar-refractivity contribution in [3.63, 3.8) is 0 Å². The number of rotatable bonds is 1. The molecule has 0 saturated heterocycles. The highest BCUT2D eigenvalue weighted by Crippen LogP contribution is 2.30. The molecule has 0 N–H and O–H groups in total. The average molecular weight is 248 g/mol.